The number of aromatic hydroxyl groups is 1. The molecular weight excluding hydrogens is 791 g/mol. The van der Waals surface area contributed by atoms with E-state index >= 15 is 0 Å². The molecule has 2 aromatic heterocycles. The Balaban J connectivity index is 1.54. The third-order valence-corrected chi connectivity index (χ3v) is 11.6. The Morgan fingerprint density at radius 1 is 0.538 bits per heavy atom. The molecule has 0 atom stereocenters. The van der Waals surface area contributed by atoms with Gasteiger partial charge in [-0.15, -0.1) is 0 Å². The molecule has 8 aromatic rings. The van der Waals surface area contributed by atoms with E-state index in [0.29, 0.717) is 61.8 Å². The molecule has 0 unspecified atom stereocenters. The van der Waals surface area contributed by atoms with Gasteiger partial charge in [-0.25, -0.2) is 4.98 Å². The number of hydrogen-bond acceptors (Lipinski definition) is 3. The molecule has 6 aromatic carbocycles. The molecule has 0 bridgehead atoms. The van der Waals surface area contributed by atoms with Gasteiger partial charge in [-0.3, -0.25) is 9.55 Å². The summed E-state index contributed by atoms with van der Waals surface area (Å²) in [7, 11) is 0. The van der Waals surface area contributed by atoms with Crippen LogP contribution in [0.3, 0.4) is 0 Å². The van der Waals surface area contributed by atoms with Gasteiger partial charge in [0.1, 0.15) is 11.6 Å². The van der Waals surface area contributed by atoms with Crippen LogP contribution >= 0.6 is 0 Å². The van der Waals surface area contributed by atoms with Crippen molar-refractivity contribution in [2.45, 2.75) is 124 Å². The Kier molecular flexibility index (Phi) is 5.70. The van der Waals surface area contributed by atoms with Crippen molar-refractivity contribution in [2.75, 3.05) is 0 Å². The van der Waals surface area contributed by atoms with E-state index in [1.807, 2.05) is 32.9 Å². The quantitative estimate of drug-likeness (QED) is 0.173. The van der Waals surface area contributed by atoms with E-state index in [1.165, 1.54) is 22.9 Å². The fraction of sp³-hybridized carbons (Fsp3) is 0.311. The van der Waals surface area contributed by atoms with Gasteiger partial charge in [0.2, 0.25) is 0 Å². The monoisotopic (exact) mass is 886 g/mol. The fourth-order valence-corrected chi connectivity index (χ4v) is 8.00. The second kappa shape index (κ2) is 16.6. The molecule has 0 saturated carbocycles. The van der Waals surface area contributed by atoms with Crippen LogP contribution in [0, 0.1) is 0 Å². The van der Waals surface area contributed by atoms with Crippen LogP contribution in [0.5, 0.6) is 5.75 Å². The van der Waals surface area contributed by atoms with Gasteiger partial charge in [0.05, 0.1) is 28.0 Å². The Hall–Kier alpha value is -6.26. The van der Waals surface area contributed by atoms with Gasteiger partial charge in [0.25, 0.3) is 0 Å². The van der Waals surface area contributed by atoms with E-state index in [1.54, 1.807) is 98.8 Å². The van der Waals surface area contributed by atoms with Crippen LogP contribution in [0.2, 0.25) is 0 Å². The zero-order valence-electron chi connectivity index (χ0n) is 64.6. The lowest BCUT2D eigenvalue weighted by Gasteiger charge is -2.27. The van der Waals surface area contributed by atoms with Crippen molar-refractivity contribution >= 4 is 11.0 Å². The van der Waals surface area contributed by atoms with Gasteiger partial charge in [0.15, 0.2) is 0 Å². The molecule has 2 heterocycles. The van der Waals surface area contributed by atoms with Crippen LogP contribution in [0.4, 0.5) is 0 Å². The lowest BCUT2D eigenvalue weighted by molar-refractivity contribution is 0.446. The average Bonchev–Trinajstić information content (AvgIpc) is 1.09. The van der Waals surface area contributed by atoms with E-state index in [2.05, 4.69) is 0 Å². The summed E-state index contributed by atoms with van der Waals surface area (Å²) in [6, 6.07) is 33.2. The molecule has 0 saturated heterocycles. The fourth-order valence-electron chi connectivity index (χ4n) is 8.00. The number of pyridine rings is 1. The number of hydrogen-bond donors (Lipinski definition) is 1. The first-order valence-corrected chi connectivity index (χ1v) is 20.9. The zero-order chi connectivity index (χ0) is 70.2. The highest BCUT2D eigenvalue weighted by Crippen LogP contribution is 2.46. The Bertz CT molecular complexity index is 4000. The summed E-state index contributed by atoms with van der Waals surface area (Å²) < 4.78 is 243. The van der Waals surface area contributed by atoms with E-state index in [4.69, 9.17) is 48.3 Å². The molecule has 0 aliphatic carbocycles. The molecule has 0 amide bonds. The molecule has 65 heavy (non-hydrogen) atoms. The maximum atomic E-state index is 13.1. The van der Waals surface area contributed by atoms with Crippen molar-refractivity contribution in [3.05, 3.63) is 167 Å². The molecule has 0 aliphatic heterocycles. The summed E-state index contributed by atoms with van der Waals surface area (Å²) >= 11 is 0. The van der Waals surface area contributed by atoms with Crippen LogP contribution in [-0.2, 0) is 21.7 Å². The molecule has 4 heteroatoms. The number of rotatable bonds is 7. The zero-order valence-corrected chi connectivity index (χ0v) is 36.6. The number of fused-ring (bicyclic) bond motifs is 1. The lowest BCUT2D eigenvalue weighted by atomic mass is 9.79. The summed E-state index contributed by atoms with van der Waals surface area (Å²) in [4.78, 5) is 9.85. The van der Waals surface area contributed by atoms with Crippen molar-refractivity contribution in [2.24, 2.45) is 0 Å². The molecule has 8 rings (SSSR count). The van der Waals surface area contributed by atoms with E-state index in [0.717, 1.165) is 12.1 Å². The van der Waals surface area contributed by atoms with Gasteiger partial charge in [0, 0.05) is 66.8 Å². The van der Waals surface area contributed by atoms with Gasteiger partial charge >= 0.3 is 0 Å². The molecule has 4 nitrogen and oxygen atoms in total. The third kappa shape index (κ3) is 9.06. The molecule has 332 valence electrons. The third-order valence-electron chi connectivity index (χ3n) is 11.6. The number of phenols is 1. The second-order valence-electron chi connectivity index (χ2n) is 17.8. The van der Waals surface area contributed by atoms with E-state index in [9.17, 15) is 5.11 Å². The van der Waals surface area contributed by atoms with E-state index in [-0.39, 0.29) is 22.8 Å². The SMILES string of the molecule is [2H]C(C)(C)c1ccc(-n2c(-c3cc(C(C([2H])([2H])[2H])(C([2H])([2H])[2H])C([2H])([2H])[2H])cc(C(C([2H])([2H])[2H])(C([2H])([2H])[2H])C([2H])([2H])[2H])c3O)nc3c(-c4cc(-c5cc(-c6ccc(C(C([2H])([2H])[2H])(C([2H])([2H])[2H])C([2H])([2H])[2H])cc6)ccn5)cc(C(C)(C)C)c4)cccc32)c(-c2ccccc2)c1. The van der Waals surface area contributed by atoms with Crippen molar-refractivity contribution < 1.29 is 43.5 Å². The van der Waals surface area contributed by atoms with Crippen LogP contribution in [0.1, 0.15) is 168 Å². The first-order chi connectivity index (χ1) is 42.0. The summed E-state index contributed by atoms with van der Waals surface area (Å²) in [5, 5.41) is 13.1. The van der Waals surface area contributed by atoms with Crippen molar-refractivity contribution in [3.63, 3.8) is 0 Å². The number of nitrogens with zero attached hydrogens (tertiary/aromatic N) is 3. The number of benzene rings is 6. The minimum Gasteiger partial charge on any atom is -0.507 e. The van der Waals surface area contributed by atoms with Crippen LogP contribution in [0.25, 0.3) is 72.7 Å². The summed E-state index contributed by atoms with van der Waals surface area (Å²) in [5.41, 5.74) is -11.6. The highest BCUT2D eigenvalue weighted by molar-refractivity contribution is 5.98. The topological polar surface area (TPSA) is 50.9 Å². The summed E-state index contributed by atoms with van der Waals surface area (Å²) in [6.07, 6.45) is 1.49. The first-order valence-electron chi connectivity index (χ1n) is 34.9. The van der Waals surface area contributed by atoms with Gasteiger partial charge in [-0.1, -0.05) is 181 Å². The predicted octanol–water partition coefficient (Wildman–Crippen LogP) is 16.8. The summed E-state index contributed by atoms with van der Waals surface area (Å²) in [6.45, 7) is -26.5. The van der Waals surface area contributed by atoms with Gasteiger partial charge < -0.3 is 5.11 Å². The van der Waals surface area contributed by atoms with E-state index < -0.39 is 123 Å². The van der Waals surface area contributed by atoms with Crippen molar-refractivity contribution in [3.8, 4) is 67.5 Å². The lowest BCUT2D eigenvalue weighted by Crippen LogP contribution is -2.17. The smallest absolute Gasteiger partial charge is 0.149 e. The van der Waals surface area contributed by atoms with Crippen LogP contribution < -0.4 is 0 Å². The van der Waals surface area contributed by atoms with Crippen LogP contribution in [-0.4, -0.2) is 19.6 Å². The van der Waals surface area contributed by atoms with Crippen molar-refractivity contribution in [1.82, 2.24) is 14.5 Å². The predicted molar refractivity (Wildman–Crippen MR) is 277 cm³/mol. The maximum absolute atomic E-state index is 13.1. The Morgan fingerprint density at radius 3 is 1.89 bits per heavy atom. The van der Waals surface area contributed by atoms with Crippen LogP contribution in [0.15, 0.2) is 140 Å². The summed E-state index contributed by atoms with van der Waals surface area (Å²) in [5.74, 6) is -3.25. The van der Waals surface area contributed by atoms with Gasteiger partial charge in [-0.2, -0.15) is 0 Å². The molecule has 0 spiro atoms. The molecule has 0 radical (unpaired) electrons. The minimum atomic E-state index is -4.23. The highest BCUT2D eigenvalue weighted by Gasteiger charge is 2.30. The Morgan fingerprint density at radius 2 is 1.22 bits per heavy atom. The first kappa shape index (κ1) is 22.3. The molecular formula is C61H67N3O. The number of imidazole rings is 1. The normalized spacial score (nSPS) is 20.9. The maximum Gasteiger partial charge on any atom is 0.149 e. The largest absolute Gasteiger partial charge is 0.507 e. The highest BCUT2D eigenvalue weighted by atomic mass is 16.3. The standard InChI is InChI=1S/C61H67N3O/c1-38(2)41-25-28-53(49(34-41)40-19-16-15-17-20-40)64-54-22-18-21-48(55(54)63-57(64)50-36-47(60(9,10)11)37-51(56(50)65)61(12,13)14)43-31-44(33-46(32-43)59(6,7)8)52-35-42(29-30-62-52)39-23-26-45(27-24-39)58(3,4)5/h15-38,65H,1-14H3/i3D3,4D3,5D3,9D3,10D3,11D3,12D3,13D3,14D3,38D. The number of phenolic OH excluding ortho intramolecular Hbond substituents is 1. The van der Waals surface area contributed by atoms with Gasteiger partial charge in [-0.05, 0) is 121 Å². The molecule has 0 aliphatic rings. The molecule has 0 fully saturated rings. The van der Waals surface area contributed by atoms with Crippen molar-refractivity contribution in [1.29, 1.82) is 0 Å². The number of para-hydroxylation sites is 1. The second-order valence-corrected chi connectivity index (χ2v) is 17.8. The minimum absolute atomic E-state index is 0.0336. The average molecular weight is 886 g/mol. The molecule has 1 N–H and O–H groups in total. The number of aromatic nitrogens is 3. The Labute approximate surface area is 427 Å².